The van der Waals surface area contributed by atoms with Crippen molar-refractivity contribution in [3.8, 4) is 0 Å². The van der Waals surface area contributed by atoms with Gasteiger partial charge in [-0.2, -0.15) is 0 Å². The molecule has 1 heterocycles. The molecule has 6 heteroatoms. The predicted molar refractivity (Wildman–Crippen MR) is 61.9 cm³/mol. The van der Waals surface area contributed by atoms with Gasteiger partial charge in [0.05, 0.1) is 0 Å². The molecule has 1 aromatic rings. The summed E-state index contributed by atoms with van der Waals surface area (Å²) in [6, 6.07) is 2.93. The van der Waals surface area contributed by atoms with E-state index in [1.54, 1.807) is 0 Å². The number of pyridine rings is 1. The van der Waals surface area contributed by atoms with Gasteiger partial charge in [0.15, 0.2) is 0 Å². The molecule has 0 aliphatic heterocycles. The van der Waals surface area contributed by atoms with E-state index in [2.05, 4.69) is 4.98 Å². The average molecular weight is 244 g/mol. The maximum absolute atomic E-state index is 10.5. The summed E-state index contributed by atoms with van der Waals surface area (Å²) in [5.74, 6) is -0.707. The molecule has 0 saturated carbocycles. The van der Waals surface area contributed by atoms with Crippen LogP contribution in [-0.4, -0.2) is 16.8 Å². The summed E-state index contributed by atoms with van der Waals surface area (Å²) < 4.78 is 0. The van der Waals surface area contributed by atoms with Crippen LogP contribution in [0.15, 0.2) is 18.3 Å². The molecule has 0 unspecified atom stereocenters. The number of nitrogens with two attached hydrogens (primary N) is 2. The van der Waals surface area contributed by atoms with Crippen molar-refractivity contribution in [1.29, 1.82) is 0 Å². The van der Waals surface area contributed by atoms with E-state index in [1.807, 2.05) is 6.92 Å². The van der Waals surface area contributed by atoms with Gasteiger partial charge in [-0.3, -0.25) is 9.59 Å². The number of hydrogen-bond donors (Lipinski definition) is 2. The van der Waals surface area contributed by atoms with E-state index in [4.69, 9.17) is 23.1 Å². The van der Waals surface area contributed by atoms with Gasteiger partial charge in [0, 0.05) is 18.2 Å². The van der Waals surface area contributed by atoms with E-state index in [1.165, 1.54) is 18.3 Å². The van der Waals surface area contributed by atoms with Gasteiger partial charge in [-0.1, -0.05) is 18.5 Å². The van der Waals surface area contributed by atoms with Crippen LogP contribution in [0.3, 0.4) is 0 Å². The SMILES string of the molecule is CCCC(N)=O.NC(=O)c1ccnc(Cl)c1. The van der Waals surface area contributed by atoms with Gasteiger partial charge >= 0.3 is 0 Å². The van der Waals surface area contributed by atoms with Gasteiger partial charge in [-0.25, -0.2) is 4.98 Å². The summed E-state index contributed by atoms with van der Waals surface area (Å²) in [5.41, 5.74) is 10.1. The third-order valence-electron chi connectivity index (χ3n) is 1.51. The number of carbonyl (C=O) groups excluding carboxylic acids is 2. The molecule has 0 fully saturated rings. The third-order valence-corrected chi connectivity index (χ3v) is 1.71. The fraction of sp³-hybridized carbons (Fsp3) is 0.300. The summed E-state index contributed by atoms with van der Waals surface area (Å²) in [7, 11) is 0. The molecule has 0 spiro atoms. The van der Waals surface area contributed by atoms with Crippen LogP contribution in [0.5, 0.6) is 0 Å². The molecular formula is C10H14ClN3O2. The number of primary amides is 2. The first kappa shape index (κ1) is 14.4. The normalized spacial score (nSPS) is 8.88. The Labute approximate surface area is 98.8 Å². The number of carbonyl (C=O) groups is 2. The van der Waals surface area contributed by atoms with Crippen molar-refractivity contribution in [1.82, 2.24) is 4.98 Å². The first-order valence-electron chi connectivity index (χ1n) is 4.67. The van der Waals surface area contributed by atoms with Crippen LogP contribution < -0.4 is 11.5 Å². The van der Waals surface area contributed by atoms with Crippen LogP contribution >= 0.6 is 11.6 Å². The van der Waals surface area contributed by atoms with E-state index in [0.717, 1.165) is 6.42 Å². The lowest BCUT2D eigenvalue weighted by Gasteiger charge is -1.92. The molecule has 0 atom stereocenters. The van der Waals surface area contributed by atoms with E-state index in [9.17, 15) is 9.59 Å². The number of nitrogens with zero attached hydrogens (tertiary/aromatic N) is 1. The highest BCUT2D eigenvalue weighted by molar-refractivity contribution is 6.29. The van der Waals surface area contributed by atoms with Gasteiger partial charge < -0.3 is 11.5 Å². The summed E-state index contributed by atoms with van der Waals surface area (Å²) in [6.45, 7) is 1.92. The van der Waals surface area contributed by atoms with Crippen LogP contribution in [0.2, 0.25) is 5.15 Å². The van der Waals surface area contributed by atoms with Crippen molar-refractivity contribution in [2.45, 2.75) is 19.8 Å². The van der Waals surface area contributed by atoms with Crippen molar-refractivity contribution in [3.05, 3.63) is 29.0 Å². The molecule has 2 amide bonds. The third kappa shape index (κ3) is 6.78. The predicted octanol–water partition coefficient (Wildman–Crippen LogP) is 1.11. The Hall–Kier alpha value is -1.62. The van der Waals surface area contributed by atoms with Crippen LogP contribution in [0.25, 0.3) is 0 Å². The van der Waals surface area contributed by atoms with Crippen molar-refractivity contribution >= 4 is 23.4 Å². The van der Waals surface area contributed by atoms with E-state index in [-0.39, 0.29) is 11.1 Å². The largest absolute Gasteiger partial charge is 0.370 e. The highest BCUT2D eigenvalue weighted by Crippen LogP contribution is 2.05. The van der Waals surface area contributed by atoms with Gasteiger partial charge in [0.2, 0.25) is 11.8 Å². The number of halogens is 1. The summed E-state index contributed by atoms with van der Waals surface area (Å²) in [6.07, 6.45) is 2.80. The second-order valence-electron chi connectivity index (χ2n) is 2.95. The smallest absolute Gasteiger partial charge is 0.248 e. The van der Waals surface area contributed by atoms with Crippen molar-refractivity contribution in [2.24, 2.45) is 11.5 Å². The molecule has 0 bridgehead atoms. The van der Waals surface area contributed by atoms with Crippen LogP contribution in [0.1, 0.15) is 30.1 Å². The number of aromatic nitrogens is 1. The molecule has 1 aromatic heterocycles. The molecule has 4 N–H and O–H groups in total. The zero-order valence-electron chi connectivity index (χ0n) is 8.94. The van der Waals surface area contributed by atoms with E-state index >= 15 is 0 Å². The van der Waals surface area contributed by atoms with Crippen LogP contribution in [0, 0.1) is 0 Å². The Morgan fingerprint density at radius 3 is 2.31 bits per heavy atom. The Balaban J connectivity index is 0.000000325. The van der Waals surface area contributed by atoms with Crippen LogP contribution in [-0.2, 0) is 4.79 Å². The second-order valence-corrected chi connectivity index (χ2v) is 3.34. The van der Waals surface area contributed by atoms with Gasteiger partial charge in [0.1, 0.15) is 5.15 Å². The lowest BCUT2D eigenvalue weighted by molar-refractivity contribution is -0.118. The molecule has 0 aromatic carbocycles. The minimum atomic E-state index is -0.496. The molecular weight excluding hydrogens is 230 g/mol. The lowest BCUT2D eigenvalue weighted by Crippen LogP contribution is -2.10. The molecule has 0 radical (unpaired) electrons. The quantitative estimate of drug-likeness (QED) is 0.778. The maximum atomic E-state index is 10.5. The fourth-order valence-electron chi connectivity index (χ4n) is 0.802. The standard InChI is InChI=1S/C6H5ClN2O.C4H9NO/c7-5-3-4(6(8)10)1-2-9-5;1-2-3-4(5)6/h1-3H,(H2,8,10);2-3H2,1H3,(H2,5,6). The minimum absolute atomic E-state index is 0.211. The highest BCUT2D eigenvalue weighted by Gasteiger charge is 1.98. The van der Waals surface area contributed by atoms with Crippen molar-refractivity contribution < 1.29 is 9.59 Å². The topological polar surface area (TPSA) is 99.1 Å². The zero-order valence-corrected chi connectivity index (χ0v) is 9.70. The fourth-order valence-corrected chi connectivity index (χ4v) is 0.976. The first-order chi connectivity index (χ1) is 7.47. The Morgan fingerprint density at radius 2 is 2.06 bits per heavy atom. The van der Waals surface area contributed by atoms with Crippen molar-refractivity contribution in [2.75, 3.05) is 0 Å². The summed E-state index contributed by atoms with van der Waals surface area (Å²) >= 11 is 5.47. The maximum Gasteiger partial charge on any atom is 0.248 e. The molecule has 5 nitrogen and oxygen atoms in total. The van der Waals surface area contributed by atoms with Gasteiger partial charge in [0.25, 0.3) is 0 Å². The summed E-state index contributed by atoms with van der Waals surface area (Å²) in [5, 5.41) is 0.274. The van der Waals surface area contributed by atoms with Crippen molar-refractivity contribution in [3.63, 3.8) is 0 Å². The number of amides is 2. The Kier molecular flexibility index (Phi) is 6.87. The number of hydrogen-bond acceptors (Lipinski definition) is 3. The Morgan fingerprint density at radius 1 is 1.44 bits per heavy atom. The molecule has 16 heavy (non-hydrogen) atoms. The monoisotopic (exact) mass is 243 g/mol. The lowest BCUT2D eigenvalue weighted by atomic mass is 10.3. The minimum Gasteiger partial charge on any atom is -0.370 e. The second kappa shape index (κ2) is 7.64. The average Bonchev–Trinajstić information content (AvgIpc) is 2.18. The molecule has 1 rings (SSSR count). The first-order valence-corrected chi connectivity index (χ1v) is 5.04. The molecule has 88 valence electrons. The van der Waals surface area contributed by atoms with Crippen LogP contribution in [0.4, 0.5) is 0 Å². The molecule has 0 aliphatic carbocycles. The van der Waals surface area contributed by atoms with E-state index in [0.29, 0.717) is 12.0 Å². The Bertz CT molecular complexity index is 369. The number of rotatable bonds is 3. The molecule has 0 aliphatic rings. The van der Waals surface area contributed by atoms with Gasteiger partial charge in [-0.05, 0) is 18.6 Å². The highest BCUT2D eigenvalue weighted by atomic mass is 35.5. The van der Waals surface area contributed by atoms with Gasteiger partial charge in [-0.15, -0.1) is 0 Å². The summed E-state index contributed by atoms with van der Waals surface area (Å²) in [4.78, 5) is 24.0. The molecule has 0 saturated heterocycles. The van der Waals surface area contributed by atoms with E-state index < -0.39 is 5.91 Å². The zero-order chi connectivity index (χ0) is 12.6.